The van der Waals surface area contributed by atoms with E-state index in [4.69, 9.17) is 9.47 Å². The fraction of sp³-hybridized carbons (Fsp3) is 0.190. The van der Waals surface area contributed by atoms with Crippen LogP contribution in [0.1, 0.15) is 11.1 Å². The number of amides is 1. The molecule has 0 aromatic heterocycles. The van der Waals surface area contributed by atoms with Crippen molar-refractivity contribution in [1.82, 2.24) is 4.90 Å². The van der Waals surface area contributed by atoms with E-state index in [1.165, 1.54) is 31.2 Å². The lowest BCUT2D eigenvalue weighted by molar-refractivity contribution is -0.148. The molecule has 0 unspecified atom stereocenters. The van der Waals surface area contributed by atoms with Crippen LogP contribution in [0.5, 0.6) is 5.75 Å². The molecule has 6 nitrogen and oxygen atoms in total. The Morgan fingerprint density at radius 1 is 1.18 bits per heavy atom. The molecule has 2 rings (SSSR count). The Balaban J connectivity index is 1.95. The van der Waals surface area contributed by atoms with Crippen LogP contribution in [-0.2, 0) is 20.9 Å². The minimum atomic E-state index is -0.911. The predicted octanol–water partition coefficient (Wildman–Crippen LogP) is 2.94. The van der Waals surface area contributed by atoms with Gasteiger partial charge in [0.05, 0.1) is 7.11 Å². The summed E-state index contributed by atoms with van der Waals surface area (Å²) in [6.07, 6.45) is 1.36. The first kappa shape index (κ1) is 20.6. The molecule has 0 aliphatic rings. The quantitative estimate of drug-likeness (QED) is 0.418. The maximum Gasteiger partial charge on any atom is 0.349 e. The van der Waals surface area contributed by atoms with Crippen LogP contribution in [0.2, 0.25) is 0 Å². The van der Waals surface area contributed by atoms with Gasteiger partial charge in [0, 0.05) is 19.2 Å². The molecule has 0 atom stereocenters. The monoisotopic (exact) mass is 382 g/mol. The summed E-state index contributed by atoms with van der Waals surface area (Å²) in [5, 5.41) is 9.18. The zero-order chi connectivity index (χ0) is 20.5. The van der Waals surface area contributed by atoms with Crippen molar-refractivity contribution in [3.63, 3.8) is 0 Å². The van der Waals surface area contributed by atoms with E-state index in [1.54, 1.807) is 48.5 Å². The number of rotatable bonds is 7. The zero-order valence-corrected chi connectivity index (χ0v) is 15.5. The summed E-state index contributed by atoms with van der Waals surface area (Å²) in [5.74, 6) is -1.21. The smallest absolute Gasteiger partial charge is 0.349 e. The van der Waals surface area contributed by atoms with Gasteiger partial charge in [0.25, 0.3) is 5.91 Å². The molecule has 28 heavy (non-hydrogen) atoms. The standard InChI is InChI=1S/C21H19FN2O4/c1-24(13-16-5-3-4-6-19(16)22)20(25)14-28-21(26)17(12-23)11-15-7-9-18(27-2)10-8-15/h3-11H,13-14H2,1-2H3/b17-11+. The van der Waals surface area contributed by atoms with Crippen LogP contribution in [0.15, 0.2) is 54.1 Å². The Bertz CT molecular complexity index is 917. The third-order valence-electron chi connectivity index (χ3n) is 3.89. The lowest BCUT2D eigenvalue weighted by Crippen LogP contribution is -2.31. The lowest BCUT2D eigenvalue weighted by Gasteiger charge is -2.17. The lowest BCUT2D eigenvalue weighted by atomic mass is 10.1. The normalized spacial score (nSPS) is 10.7. The summed E-state index contributed by atoms with van der Waals surface area (Å²) < 4.78 is 23.6. The topological polar surface area (TPSA) is 79.6 Å². The molecular weight excluding hydrogens is 363 g/mol. The van der Waals surface area contributed by atoms with Crippen molar-refractivity contribution in [1.29, 1.82) is 5.26 Å². The van der Waals surface area contributed by atoms with E-state index < -0.39 is 24.3 Å². The van der Waals surface area contributed by atoms with Crippen LogP contribution >= 0.6 is 0 Å². The van der Waals surface area contributed by atoms with Gasteiger partial charge in [-0.1, -0.05) is 30.3 Å². The molecule has 0 aliphatic carbocycles. The summed E-state index contributed by atoms with van der Waals surface area (Å²) >= 11 is 0. The molecule has 0 bridgehead atoms. The average molecular weight is 382 g/mol. The van der Waals surface area contributed by atoms with Gasteiger partial charge < -0.3 is 14.4 Å². The number of likely N-dealkylation sites (N-methyl/N-ethyl adjacent to an activating group) is 1. The molecule has 1 amide bonds. The molecule has 0 saturated heterocycles. The largest absolute Gasteiger partial charge is 0.497 e. The number of hydrogen-bond donors (Lipinski definition) is 0. The first-order valence-electron chi connectivity index (χ1n) is 8.35. The Hall–Kier alpha value is -3.66. The molecule has 0 N–H and O–H groups in total. The van der Waals surface area contributed by atoms with E-state index >= 15 is 0 Å². The molecular formula is C21H19FN2O4. The molecule has 0 aliphatic heterocycles. The van der Waals surface area contributed by atoms with Gasteiger partial charge in [0.2, 0.25) is 0 Å². The number of carbonyl (C=O) groups excluding carboxylic acids is 2. The van der Waals surface area contributed by atoms with E-state index in [1.807, 2.05) is 0 Å². The third kappa shape index (κ3) is 5.68. The number of benzene rings is 2. The van der Waals surface area contributed by atoms with Gasteiger partial charge in [-0.25, -0.2) is 9.18 Å². The molecule has 2 aromatic rings. The summed E-state index contributed by atoms with van der Waals surface area (Å²) in [6.45, 7) is -0.513. The Morgan fingerprint density at radius 2 is 1.86 bits per heavy atom. The van der Waals surface area contributed by atoms with Crippen LogP contribution in [-0.4, -0.2) is 37.5 Å². The Labute approximate surface area is 162 Å². The highest BCUT2D eigenvalue weighted by Crippen LogP contribution is 2.14. The molecule has 144 valence electrons. The van der Waals surface area contributed by atoms with Gasteiger partial charge in [0.15, 0.2) is 6.61 Å². The molecule has 2 aromatic carbocycles. The van der Waals surface area contributed by atoms with Crippen molar-refractivity contribution in [2.24, 2.45) is 0 Å². The second-order valence-electron chi connectivity index (χ2n) is 5.86. The van der Waals surface area contributed by atoms with Gasteiger partial charge in [-0.05, 0) is 29.8 Å². The highest BCUT2D eigenvalue weighted by molar-refractivity contribution is 5.98. The van der Waals surface area contributed by atoms with Crippen molar-refractivity contribution < 1.29 is 23.5 Å². The average Bonchev–Trinajstić information content (AvgIpc) is 2.72. The van der Waals surface area contributed by atoms with Crippen molar-refractivity contribution in [3.05, 3.63) is 71.0 Å². The maximum absolute atomic E-state index is 13.7. The number of hydrogen-bond acceptors (Lipinski definition) is 5. The van der Waals surface area contributed by atoms with E-state index in [0.29, 0.717) is 16.9 Å². The Morgan fingerprint density at radius 3 is 2.46 bits per heavy atom. The molecule has 0 heterocycles. The van der Waals surface area contributed by atoms with Crippen LogP contribution in [0.25, 0.3) is 6.08 Å². The summed E-state index contributed by atoms with van der Waals surface area (Å²) in [4.78, 5) is 25.4. The minimum absolute atomic E-state index is 0.0376. The summed E-state index contributed by atoms with van der Waals surface area (Å²) in [5.41, 5.74) is 0.716. The second-order valence-corrected chi connectivity index (χ2v) is 5.86. The highest BCUT2D eigenvalue weighted by atomic mass is 19.1. The molecule has 0 saturated carbocycles. The minimum Gasteiger partial charge on any atom is -0.497 e. The molecule has 7 heteroatoms. The van der Waals surface area contributed by atoms with Crippen molar-refractivity contribution in [2.75, 3.05) is 20.8 Å². The number of carbonyl (C=O) groups is 2. The van der Waals surface area contributed by atoms with E-state index in [9.17, 15) is 19.2 Å². The van der Waals surface area contributed by atoms with Gasteiger partial charge in [-0.2, -0.15) is 5.26 Å². The van der Waals surface area contributed by atoms with Crippen LogP contribution in [0, 0.1) is 17.1 Å². The van der Waals surface area contributed by atoms with Crippen LogP contribution in [0.4, 0.5) is 4.39 Å². The second kappa shape index (κ2) is 9.88. The van der Waals surface area contributed by atoms with Gasteiger partial charge >= 0.3 is 5.97 Å². The number of nitriles is 1. The third-order valence-corrected chi connectivity index (χ3v) is 3.89. The van der Waals surface area contributed by atoms with Crippen LogP contribution < -0.4 is 4.74 Å². The van der Waals surface area contributed by atoms with Crippen LogP contribution in [0.3, 0.4) is 0 Å². The SMILES string of the molecule is COc1ccc(/C=C(\C#N)C(=O)OCC(=O)N(C)Cc2ccccc2F)cc1. The maximum atomic E-state index is 13.7. The predicted molar refractivity (Wildman–Crippen MR) is 100 cm³/mol. The first-order chi connectivity index (χ1) is 13.4. The van der Waals surface area contributed by atoms with E-state index in [2.05, 4.69) is 0 Å². The van der Waals surface area contributed by atoms with Crippen molar-refractivity contribution >= 4 is 18.0 Å². The fourth-order valence-corrected chi connectivity index (χ4v) is 2.29. The molecule has 0 fully saturated rings. The molecule has 0 spiro atoms. The Kier molecular flexibility index (Phi) is 7.28. The van der Waals surface area contributed by atoms with E-state index in [0.717, 1.165) is 0 Å². The summed E-state index contributed by atoms with van der Waals surface area (Å²) in [7, 11) is 3.00. The first-order valence-corrected chi connectivity index (χ1v) is 8.35. The summed E-state index contributed by atoms with van der Waals surface area (Å²) in [6, 6.07) is 14.6. The van der Waals surface area contributed by atoms with Gasteiger partial charge in [0.1, 0.15) is 23.2 Å². The highest BCUT2D eigenvalue weighted by Gasteiger charge is 2.16. The number of esters is 1. The van der Waals surface area contributed by atoms with Crippen molar-refractivity contribution in [3.8, 4) is 11.8 Å². The van der Waals surface area contributed by atoms with Crippen molar-refractivity contribution in [2.45, 2.75) is 6.54 Å². The number of halogens is 1. The number of ether oxygens (including phenoxy) is 2. The fourth-order valence-electron chi connectivity index (χ4n) is 2.29. The number of nitrogens with zero attached hydrogens (tertiary/aromatic N) is 2. The van der Waals surface area contributed by atoms with Gasteiger partial charge in [-0.3, -0.25) is 4.79 Å². The van der Waals surface area contributed by atoms with E-state index in [-0.39, 0.29) is 12.1 Å². The zero-order valence-electron chi connectivity index (χ0n) is 15.5. The van der Waals surface area contributed by atoms with Gasteiger partial charge in [-0.15, -0.1) is 0 Å². The number of methoxy groups -OCH3 is 1. The molecule has 0 radical (unpaired) electrons.